The third kappa shape index (κ3) is 6.81. The van der Waals surface area contributed by atoms with Gasteiger partial charge in [0.1, 0.15) is 0 Å². The second-order valence-electron chi connectivity index (χ2n) is 9.37. The van der Waals surface area contributed by atoms with Crippen LogP contribution < -0.4 is 10.0 Å². The topological polar surface area (TPSA) is 97.4 Å². The summed E-state index contributed by atoms with van der Waals surface area (Å²) in [5.41, 5.74) is 2.99. The van der Waals surface area contributed by atoms with Gasteiger partial charge in [0.15, 0.2) is 0 Å². The Kier molecular flexibility index (Phi) is 8.34. The monoisotopic (exact) mass is 483 g/mol. The maximum Gasteiger partial charge on any atom is 0.411 e. The predicted octanol–water partition coefficient (Wildman–Crippen LogP) is 4.95. The summed E-state index contributed by atoms with van der Waals surface area (Å²) in [4.78, 5) is 16.4. The van der Waals surface area contributed by atoms with Gasteiger partial charge in [-0.15, -0.1) is 0 Å². The van der Waals surface area contributed by atoms with Crippen LogP contribution in [0.4, 0.5) is 10.5 Å². The molecule has 0 spiro atoms. The van der Waals surface area contributed by atoms with E-state index in [-0.39, 0.29) is 18.6 Å². The summed E-state index contributed by atoms with van der Waals surface area (Å²) in [6.07, 6.45) is 4.32. The van der Waals surface area contributed by atoms with Gasteiger partial charge in [-0.3, -0.25) is 10.3 Å². The Morgan fingerprint density at radius 3 is 2.50 bits per heavy atom. The standard InChI is InChI=1S/C26H33N3O4S/c1-5-33-25(30)28-24-16-13-20(23-8-6-7-17-27-23)18-21(24)12-9-19-10-14-22(15-11-19)29-34(31,32)26(2,3)4/h6-8,13,16-19,22,29H,5,10-11,14-15H2,1-4H3,(H,28,30)/t19-,22-. The first-order chi connectivity index (χ1) is 16.1. The molecule has 1 heterocycles. The molecule has 7 nitrogen and oxygen atoms in total. The van der Waals surface area contributed by atoms with Gasteiger partial charge in [-0.2, -0.15) is 0 Å². The molecular weight excluding hydrogens is 450 g/mol. The molecular formula is C26H33N3O4S. The molecule has 1 aromatic heterocycles. The van der Waals surface area contributed by atoms with E-state index in [0.717, 1.165) is 36.9 Å². The number of hydrogen-bond acceptors (Lipinski definition) is 5. The lowest BCUT2D eigenvalue weighted by atomic mass is 9.87. The Balaban J connectivity index is 1.75. The smallest absolute Gasteiger partial charge is 0.411 e. The Bertz CT molecular complexity index is 1150. The maximum atomic E-state index is 12.4. The molecule has 0 bridgehead atoms. The van der Waals surface area contributed by atoms with Gasteiger partial charge in [-0.1, -0.05) is 24.0 Å². The van der Waals surface area contributed by atoms with Gasteiger partial charge in [-0.25, -0.2) is 17.9 Å². The van der Waals surface area contributed by atoms with E-state index in [4.69, 9.17) is 4.74 Å². The number of amides is 1. The van der Waals surface area contributed by atoms with E-state index in [1.807, 2.05) is 36.4 Å². The minimum atomic E-state index is -3.37. The molecule has 0 aliphatic heterocycles. The van der Waals surface area contributed by atoms with Crippen LogP contribution in [0.15, 0.2) is 42.6 Å². The zero-order chi connectivity index (χ0) is 24.8. The van der Waals surface area contributed by atoms with Crippen LogP contribution in [0.1, 0.15) is 58.9 Å². The van der Waals surface area contributed by atoms with Gasteiger partial charge in [-0.05, 0) is 77.6 Å². The highest BCUT2D eigenvalue weighted by molar-refractivity contribution is 7.90. The molecule has 0 unspecified atom stereocenters. The van der Waals surface area contributed by atoms with Gasteiger partial charge in [0.2, 0.25) is 10.0 Å². The fourth-order valence-electron chi connectivity index (χ4n) is 3.66. The van der Waals surface area contributed by atoms with Crippen molar-refractivity contribution in [2.24, 2.45) is 5.92 Å². The van der Waals surface area contributed by atoms with Crippen LogP contribution in [0, 0.1) is 17.8 Å². The number of benzene rings is 1. The number of pyridine rings is 1. The minimum Gasteiger partial charge on any atom is -0.450 e. The van der Waals surface area contributed by atoms with E-state index in [1.54, 1.807) is 33.9 Å². The molecule has 0 saturated heterocycles. The average molecular weight is 484 g/mol. The van der Waals surface area contributed by atoms with E-state index >= 15 is 0 Å². The van der Waals surface area contributed by atoms with Crippen LogP contribution in [-0.2, 0) is 14.8 Å². The summed E-state index contributed by atoms with van der Waals surface area (Å²) < 4.78 is 31.9. The van der Waals surface area contributed by atoms with Gasteiger partial charge >= 0.3 is 6.09 Å². The number of ether oxygens (including phenoxy) is 1. The molecule has 0 atom stereocenters. The zero-order valence-electron chi connectivity index (χ0n) is 20.2. The van der Waals surface area contributed by atoms with Crippen molar-refractivity contribution in [3.8, 4) is 23.1 Å². The predicted molar refractivity (Wildman–Crippen MR) is 135 cm³/mol. The molecule has 1 aliphatic rings. The number of carbonyl (C=O) groups excluding carboxylic acids is 1. The van der Waals surface area contributed by atoms with Gasteiger partial charge in [0.05, 0.1) is 22.7 Å². The lowest BCUT2D eigenvalue weighted by molar-refractivity contribution is 0.168. The maximum absolute atomic E-state index is 12.4. The fourth-order valence-corrected chi connectivity index (χ4v) is 4.69. The molecule has 1 amide bonds. The number of aromatic nitrogens is 1. The lowest BCUT2D eigenvalue weighted by Crippen LogP contribution is -2.45. The lowest BCUT2D eigenvalue weighted by Gasteiger charge is -2.29. The molecule has 1 aromatic carbocycles. The number of nitrogens with one attached hydrogen (secondary N) is 2. The minimum absolute atomic E-state index is 0.0594. The zero-order valence-corrected chi connectivity index (χ0v) is 21.0. The Morgan fingerprint density at radius 1 is 1.15 bits per heavy atom. The summed E-state index contributed by atoms with van der Waals surface area (Å²) in [6.45, 7) is 7.14. The Labute approximate surface area is 202 Å². The van der Waals surface area contributed by atoms with Crippen molar-refractivity contribution in [3.63, 3.8) is 0 Å². The third-order valence-electron chi connectivity index (χ3n) is 5.76. The first kappa shape index (κ1) is 25.7. The first-order valence-electron chi connectivity index (χ1n) is 11.6. The number of hydrogen-bond donors (Lipinski definition) is 2. The van der Waals surface area contributed by atoms with Crippen molar-refractivity contribution in [3.05, 3.63) is 48.2 Å². The highest BCUT2D eigenvalue weighted by Crippen LogP contribution is 2.27. The first-order valence-corrected chi connectivity index (χ1v) is 13.1. The largest absolute Gasteiger partial charge is 0.450 e. The SMILES string of the molecule is CCOC(=O)Nc1ccc(-c2ccccn2)cc1C#C[C@H]1CC[C@H](NS(=O)(=O)C(C)(C)C)CC1. The molecule has 3 rings (SSSR count). The van der Waals surface area contributed by atoms with E-state index in [1.165, 1.54) is 0 Å². The molecule has 1 saturated carbocycles. The van der Waals surface area contributed by atoms with Crippen molar-refractivity contribution in [1.82, 2.24) is 9.71 Å². The summed E-state index contributed by atoms with van der Waals surface area (Å²) in [7, 11) is -3.37. The molecule has 34 heavy (non-hydrogen) atoms. The highest BCUT2D eigenvalue weighted by atomic mass is 32.2. The van der Waals surface area contributed by atoms with E-state index < -0.39 is 20.9 Å². The number of rotatable bonds is 5. The molecule has 2 aromatic rings. The molecule has 182 valence electrons. The highest BCUT2D eigenvalue weighted by Gasteiger charge is 2.32. The summed E-state index contributed by atoms with van der Waals surface area (Å²) in [5.74, 6) is 6.73. The number of sulfonamides is 1. The third-order valence-corrected chi connectivity index (χ3v) is 8.01. The van der Waals surface area contributed by atoms with Gasteiger partial charge in [0, 0.05) is 29.3 Å². The molecule has 2 N–H and O–H groups in total. The van der Waals surface area contributed by atoms with Gasteiger partial charge in [0.25, 0.3) is 0 Å². The van der Waals surface area contributed by atoms with Crippen molar-refractivity contribution >= 4 is 21.8 Å². The van der Waals surface area contributed by atoms with E-state index in [0.29, 0.717) is 11.3 Å². The number of anilines is 1. The van der Waals surface area contributed by atoms with E-state index in [9.17, 15) is 13.2 Å². The van der Waals surface area contributed by atoms with Crippen molar-refractivity contribution < 1.29 is 17.9 Å². The van der Waals surface area contributed by atoms with Crippen LogP contribution in [-0.4, -0.2) is 36.9 Å². The molecule has 8 heteroatoms. The van der Waals surface area contributed by atoms with E-state index in [2.05, 4.69) is 26.9 Å². The molecule has 0 radical (unpaired) electrons. The van der Waals surface area contributed by atoms with Gasteiger partial charge < -0.3 is 4.74 Å². The second-order valence-corrected chi connectivity index (χ2v) is 11.8. The summed E-state index contributed by atoms with van der Waals surface area (Å²) in [6, 6.07) is 11.3. The van der Waals surface area contributed by atoms with Crippen LogP contribution in [0.3, 0.4) is 0 Å². The van der Waals surface area contributed by atoms with Crippen molar-refractivity contribution in [2.75, 3.05) is 11.9 Å². The molecule has 1 fully saturated rings. The van der Waals surface area contributed by atoms with Crippen LogP contribution in [0.2, 0.25) is 0 Å². The molecule has 1 aliphatic carbocycles. The van der Waals surface area contributed by atoms with Crippen molar-refractivity contribution in [2.45, 2.75) is 64.2 Å². The van der Waals surface area contributed by atoms with Crippen LogP contribution in [0.25, 0.3) is 11.3 Å². The Morgan fingerprint density at radius 2 is 1.88 bits per heavy atom. The van der Waals surface area contributed by atoms with Crippen LogP contribution in [0.5, 0.6) is 0 Å². The number of nitrogens with zero attached hydrogens (tertiary/aromatic N) is 1. The average Bonchev–Trinajstić information content (AvgIpc) is 2.79. The number of carbonyl (C=O) groups is 1. The second kappa shape index (κ2) is 11.0. The van der Waals surface area contributed by atoms with Crippen molar-refractivity contribution in [1.29, 1.82) is 0 Å². The fraction of sp³-hybridized carbons (Fsp3) is 0.462. The summed E-state index contributed by atoms with van der Waals surface area (Å²) in [5, 5.41) is 2.76. The Hall–Kier alpha value is -2.89. The summed E-state index contributed by atoms with van der Waals surface area (Å²) >= 11 is 0. The normalized spacial score (nSPS) is 18.5. The quantitative estimate of drug-likeness (QED) is 0.587. The van der Waals surface area contributed by atoms with Crippen LogP contribution >= 0.6 is 0 Å².